The van der Waals surface area contributed by atoms with Crippen LogP contribution in [-0.2, 0) is 9.59 Å². The first-order valence-corrected chi connectivity index (χ1v) is 6.45. The molecule has 0 radical (unpaired) electrons. The lowest BCUT2D eigenvalue weighted by atomic mass is 10.2. The molecule has 5 heteroatoms. The van der Waals surface area contributed by atoms with Crippen LogP contribution in [-0.4, -0.2) is 36.3 Å². The summed E-state index contributed by atoms with van der Waals surface area (Å²) in [5.74, 6) is -0.144. The Kier molecular flexibility index (Phi) is 6.02. The van der Waals surface area contributed by atoms with Crippen molar-refractivity contribution in [2.24, 2.45) is 0 Å². The highest BCUT2D eigenvalue weighted by molar-refractivity contribution is 5.93. The Bertz CT molecular complexity index is 425. The van der Waals surface area contributed by atoms with E-state index < -0.39 is 0 Å². The van der Waals surface area contributed by atoms with Gasteiger partial charge < -0.3 is 10.6 Å². The van der Waals surface area contributed by atoms with E-state index in [1.54, 1.807) is 24.3 Å². The van der Waals surface area contributed by atoms with E-state index in [1.807, 2.05) is 18.7 Å². The highest BCUT2D eigenvalue weighted by Crippen LogP contribution is 2.13. The van der Waals surface area contributed by atoms with E-state index in [0.717, 1.165) is 18.8 Å². The summed E-state index contributed by atoms with van der Waals surface area (Å²) in [6.45, 7) is 7.61. The van der Waals surface area contributed by atoms with Gasteiger partial charge in [0.2, 0.25) is 11.8 Å². The standard InChI is InChI=1S/C14H21N3O2/c1-4-17(5-2)10-14(19)16-13-8-6-12(7-9-13)15-11(3)18/h6-9H,4-5,10H2,1-3H3,(H,15,18)(H,16,19). The van der Waals surface area contributed by atoms with Gasteiger partial charge in [0.05, 0.1) is 6.54 Å². The molecule has 0 saturated heterocycles. The van der Waals surface area contributed by atoms with Crippen LogP contribution in [0, 0.1) is 0 Å². The van der Waals surface area contributed by atoms with Crippen LogP contribution in [0.2, 0.25) is 0 Å². The van der Waals surface area contributed by atoms with Crippen LogP contribution in [0.4, 0.5) is 11.4 Å². The zero-order valence-corrected chi connectivity index (χ0v) is 11.7. The summed E-state index contributed by atoms with van der Waals surface area (Å²) in [7, 11) is 0. The zero-order valence-electron chi connectivity index (χ0n) is 11.7. The van der Waals surface area contributed by atoms with E-state index in [1.165, 1.54) is 6.92 Å². The van der Waals surface area contributed by atoms with Crippen molar-refractivity contribution < 1.29 is 9.59 Å². The maximum Gasteiger partial charge on any atom is 0.238 e. The Balaban J connectivity index is 2.53. The Morgan fingerprint density at radius 3 is 1.89 bits per heavy atom. The van der Waals surface area contributed by atoms with Crippen LogP contribution >= 0.6 is 0 Å². The number of carbonyl (C=O) groups excluding carboxylic acids is 2. The third kappa shape index (κ3) is 5.52. The Morgan fingerprint density at radius 1 is 1.00 bits per heavy atom. The molecule has 0 aliphatic heterocycles. The first-order chi connectivity index (χ1) is 9.05. The molecule has 1 aromatic rings. The molecule has 0 heterocycles. The molecule has 104 valence electrons. The number of likely N-dealkylation sites (N-methyl/N-ethyl adjacent to an activating group) is 1. The van der Waals surface area contributed by atoms with Gasteiger partial charge in [-0.3, -0.25) is 14.5 Å². The molecule has 1 aromatic carbocycles. The molecule has 0 aromatic heterocycles. The molecule has 0 spiro atoms. The van der Waals surface area contributed by atoms with Gasteiger partial charge in [-0.1, -0.05) is 13.8 Å². The molecule has 0 saturated carbocycles. The van der Waals surface area contributed by atoms with Crippen LogP contribution in [0.25, 0.3) is 0 Å². The fourth-order valence-corrected chi connectivity index (χ4v) is 1.69. The van der Waals surface area contributed by atoms with Gasteiger partial charge in [0.25, 0.3) is 0 Å². The highest BCUT2D eigenvalue weighted by Gasteiger charge is 2.07. The van der Waals surface area contributed by atoms with Crippen LogP contribution < -0.4 is 10.6 Å². The Morgan fingerprint density at radius 2 is 1.47 bits per heavy atom. The van der Waals surface area contributed by atoms with Crippen LogP contribution in [0.5, 0.6) is 0 Å². The number of anilines is 2. The van der Waals surface area contributed by atoms with Gasteiger partial charge in [-0.05, 0) is 37.4 Å². The Hall–Kier alpha value is -1.88. The molecule has 0 unspecified atom stereocenters. The molecule has 1 rings (SSSR count). The van der Waals surface area contributed by atoms with Crippen molar-refractivity contribution in [2.45, 2.75) is 20.8 Å². The van der Waals surface area contributed by atoms with E-state index in [2.05, 4.69) is 10.6 Å². The third-order valence-electron chi connectivity index (χ3n) is 2.75. The Labute approximate surface area is 114 Å². The van der Waals surface area contributed by atoms with Gasteiger partial charge in [0.1, 0.15) is 0 Å². The molecule has 0 fully saturated rings. The van der Waals surface area contributed by atoms with Gasteiger partial charge in [0, 0.05) is 18.3 Å². The van der Waals surface area contributed by atoms with E-state index >= 15 is 0 Å². The molecule has 0 aliphatic carbocycles. The van der Waals surface area contributed by atoms with E-state index in [0.29, 0.717) is 12.2 Å². The number of amides is 2. The van der Waals surface area contributed by atoms with E-state index in [9.17, 15) is 9.59 Å². The van der Waals surface area contributed by atoms with Gasteiger partial charge in [-0.2, -0.15) is 0 Å². The average Bonchev–Trinajstić information content (AvgIpc) is 2.37. The smallest absolute Gasteiger partial charge is 0.238 e. The van der Waals surface area contributed by atoms with Crippen molar-refractivity contribution in [3.05, 3.63) is 24.3 Å². The maximum absolute atomic E-state index is 11.8. The molecular formula is C14H21N3O2. The minimum absolute atomic E-state index is 0.0315. The molecule has 2 amide bonds. The second-order valence-electron chi connectivity index (χ2n) is 4.27. The van der Waals surface area contributed by atoms with Crippen LogP contribution in [0.15, 0.2) is 24.3 Å². The van der Waals surface area contributed by atoms with Crippen molar-refractivity contribution in [3.8, 4) is 0 Å². The van der Waals surface area contributed by atoms with Crippen LogP contribution in [0.1, 0.15) is 20.8 Å². The average molecular weight is 263 g/mol. The summed E-state index contributed by atoms with van der Waals surface area (Å²) in [5.41, 5.74) is 1.44. The summed E-state index contributed by atoms with van der Waals surface area (Å²) in [4.78, 5) is 24.7. The van der Waals surface area contributed by atoms with Gasteiger partial charge in [-0.15, -0.1) is 0 Å². The lowest BCUT2D eigenvalue weighted by Gasteiger charge is -2.17. The third-order valence-corrected chi connectivity index (χ3v) is 2.75. The van der Waals surface area contributed by atoms with Gasteiger partial charge in [-0.25, -0.2) is 0 Å². The minimum atomic E-state index is -0.113. The zero-order chi connectivity index (χ0) is 14.3. The van der Waals surface area contributed by atoms with Crippen molar-refractivity contribution >= 4 is 23.2 Å². The fraction of sp³-hybridized carbons (Fsp3) is 0.429. The van der Waals surface area contributed by atoms with Crippen molar-refractivity contribution in [1.82, 2.24) is 4.90 Å². The van der Waals surface area contributed by atoms with E-state index in [-0.39, 0.29) is 11.8 Å². The maximum atomic E-state index is 11.8. The molecule has 0 bridgehead atoms. The summed E-state index contributed by atoms with van der Waals surface area (Å²) >= 11 is 0. The van der Waals surface area contributed by atoms with Crippen molar-refractivity contribution in [2.75, 3.05) is 30.3 Å². The number of hydrogen-bond acceptors (Lipinski definition) is 3. The second kappa shape index (κ2) is 7.53. The summed E-state index contributed by atoms with van der Waals surface area (Å²) in [5, 5.41) is 5.50. The van der Waals surface area contributed by atoms with Gasteiger partial charge >= 0.3 is 0 Å². The van der Waals surface area contributed by atoms with Gasteiger partial charge in [0.15, 0.2) is 0 Å². The minimum Gasteiger partial charge on any atom is -0.326 e. The summed E-state index contributed by atoms with van der Waals surface area (Å²) in [6, 6.07) is 7.06. The van der Waals surface area contributed by atoms with Crippen LogP contribution in [0.3, 0.4) is 0 Å². The number of rotatable bonds is 6. The lowest BCUT2D eigenvalue weighted by Crippen LogP contribution is -2.32. The number of benzene rings is 1. The molecule has 19 heavy (non-hydrogen) atoms. The van der Waals surface area contributed by atoms with Crippen molar-refractivity contribution in [3.63, 3.8) is 0 Å². The number of nitrogens with one attached hydrogen (secondary N) is 2. The molecule has 0 aliphatic rings. The van der Waals surface area contributed by atoms with Crippen molar-refractivity contribution in [1.29, 1.82) is 0 Å². The summed E-state index contributed by atoms with van der Waals surface area (Å²) < 4.78 is 0. The number of nitrogens with zero attached hydrogens (tertiary/aromatic N) is 1. The number of hydrogen-bond donors (Lipinski definition) is 2. The highest BCUT2D eigenvalue weighted by atomic mass is 16.2. The quantitative estimate of drug-likeness (QED) is 0.824. The second-order valence-corrected chi connectivity index (χ2v) is 4.27. The first-order valence-electron chi connectivity index (χ1n) is 6.45. The normalized spacial score (nSPS) is 10.3. The largest absolute Gasteiger partial charge is 0.326 e. The first kappa shape index (κ1) is 15.2. The molecular weight excluding hydrogens is 242 g/mol. The molecule has 0 atom stereocenters. The fourth-order valence-electron chi connectivity index (χ4n) is 1.69. The lowest BCUT2D eigenvalue weighted by molar-refractivity contribution is -0.117. The number of carbonyl (C=O) groups is 2. The monoisotopic (exact) mass is 263 g/mol. The molecule has 2 N–H and O–H groups in total. The predicted octanol–water partition coefficient (Wildman–Crippen LogP) is 1.93. The van der Waals surface area contributed by atoms with E-state index in [4.69, 9.17) is 0 Å². The predicted molar refractivity (Wildman–Crippen MR) is 77.2 cm³/mol. The summed E-state index contributed by atoms with van der Waals surface area (Å²) in [6.07, 6.45) is 0. The SMILES string of the molecule is CCN(CC)CC(=O)Nc1ccc(NC(C)=O)cc1. The topological polar surface area (TPSA) is 61.4 Å². The molecule has 5 nitrogen and oxygen atoms in total.